The molecule has 2 heteroatoms. The predicted molar refractivity (Wildman–Crippen MR) is 24.9 cm³/mol. The van der Waals surface area contributed by atoms with Crippen LogP contribution >= 0.6 is 0 Å². The predicted octanol–water partition coefficient (Wildman–Crippen LogP) is -0.118. The van der Waals surface area contributed by atoms with Crippen LogP contribution < -0.4 is 0 Å². The van der Waals surface area contributed by atoms with Crippen molar-refractivity contribution in [1.82, 2.24) is 0 Å². The van der Waals surface area contributed by atoms with Gasteiger partial charge in [0.25, 0.3) is 0 Å². The Morgan fingerprint density at radius 2 is 2.80 bits per heavy atom. The van der Waals surface area contributed by atoms with E-state index in [2.05, 4.69) is 4.90 Å². The average molecular weight is 64.9 g/mol. The molecule has 1 nitrogen and oxygen atoms in total. The zero-order valence-electron chi connectivity index (χ0n) is 2.89. The summed E-state index contributed by atoms with van der Waals surface area (Å²) < 4.78 is 0. The first kappa shape index (κ1) is 2.82. The van der Waals surface area contributed by atoms with Crippen molar-refractivity contribution in [2.45, 2.75) is 6.42 Å². The molecule has 1 rings (SSSR count). The molecule has 0 atom stereocenters. The van der Waals surface area contributed by atoms with E-state index in [9.17, 15) is 0 Å². The maximum atomic E-state index is 3.78. The first-order valence-electron chi connectivity index (χ1n) is 1.67. The molecule has 0 saturated carbocycles. The Balaban J connectivity index is 2.61. The molecule has 0 amide bonds. The molecule has 0 aromatic carbocycles. The van der Waals surface area contributed by atoms with Crippen LogP contribution in [-0.2, 0) is 0 Å². The van der Waals surface area contributed by atoms with Gasteiger partial charge in [-0.1, -0.05) is 0 Å². The number of hydrogen-bond acceptors (Lipinski definition) is 1. The zero-order valence-corrected chi connectivity index (χ0v) is 2.89. The van der Waals surface area contributed by atoms with Crippen molar-refractivity contribution < 1.29 is 0 Å². The summed E-state index contributed by atoms with van der Waals surface area (Å²) in [4.78, 5) is 3.78. The van der Waals surface area contributed by atoms with Gasteiger partial charge in [0.1, 0.15) is 0 Å². The Morgan fingerprint density at radius 3 is 3.00 bits per heavy atom. The van der Waals surface area contributed by atoms with Crippen LogP contribution in [0.25, 0.3) is 0 Å². The number of hydrogen-bond donors (Lipinski definition) is 0. The standard InChI is InChI=1S/C3H4BN/c1-2-4-5-3-1/h2-3H,1H2. The van der Waals surface area contributed by atoms with Crippen LogP contribution in [0.15, 0.2) is 4.90 Å². The van der Waals surface area contributed by atoms with E-state index in [1.54, 1.807) is 7.06 Å². The maximum absolute atomic E-state index is 3.78. The first-order valence-corrected chi connectivity index (χ1v) is 1.67. The molecule has 0 aromatic rings. The van der Waals surface area contributed by atoms with Crippen LogP contribution in [0.4, 0.5) is 0 Å². The van der Waals surface area contributed by atoms with Crippen LogP contribution in [0.3, 0.4) is 0 Å². The third-order valence-corrected chi connectivity index (χ3v) is 0.538. The van der Waals surface area contributed by atoms with Crippen molar-refractivity contribution in [1.29, 1.82) is 0 Å². The molecule has 0 bridgehead atoms. The number of nitrogens with zero attached hydrogens (tertiary/aromatic N) is 1. The molecule has 0 aromatic heterocycles. The molecule has 5 heavy (non-hydrogen) atoms. The van der Waals surface area contributed by atoms with Gasteiger partial charge in [0.15, 0.2) is 0 Å². The van der Waals surface area contributed by atoms with Crippen LogP contribution in [0, 0.1) is 0 Å². The van der Waals surface area contributed by atoms with Gasteiger partial charge in [-0.15, -0.1) is 0 Å². The van der Waals surface area contributed by atoms with Gasteiger partial charge in [0.05, 0.1) is 0 Å². The van der Waals surface area contributed by atoms with Crippen LogP contribution in [0.2, 0.25) is 0 Å². The number of rotatable bonds is 0. The Bertz CT molecular complexity index is 65.0. The Labute approximate surface area is 31.7 Å². The fourth-order valence-electron chi connectivity index (χ4n) is 0.304. The molecular formula is C3H4BN. The quantitative estimate of drug-likeness (QED) is 0.349. The monoisotopic (exact) mass is 65.0 g/mol. The van der Waals surface area contributed by atoms with Crippen molar-refractivity contribution in [3.8, 4) is 0 Å². The van der Waals surface area contributed by atoms with Crippen molar-refractivity contribution >= 4 is 19.2 Å². The Kier molecular flexibility index (Phi) is 0.651. The molecule has 1 aliphatic rings. The summed E-state index contributed by atoms with van der Waals surface area (Å²) >= 11 is 0. The molecule has 24 valence electrons. The van der Waals surface area contributed by atoms with E-state index in [0.29, 0.717) is 0 Å². The molecule has 0 unspecified atom stereocenters. The Morgan fingerprint density at radius 1 is 1.80 bits per heavy atom. The topological polar surface area (TPSA) is 12.4 Å². The molecule has 0 fully saturated rings. The summed E-state index contributed by atoms with van der Waals surface area (Å²) in [5.41, 5.74) is 0. The summed E-state index contributed by atoms with van der Waals surface area (Å²) in [7, 11) is 1.81. The van der Waals surface area contributed by atoms with Crippen LogP contribution in [0.5, 0.6) is 0 Å². The van der Waals surface area contributed by atoms with E-state index in [1.807, 2.05) is 12.2 Å². The third kappa shape index (κ3) is 0.438. The Hall–Kier alpha value is -0.395. The molecule has 1 aliphatic heterocycles. The summed E-state index contributed by atoms with van der Waals surface area (Å²) in [6, 6.07) is 0. The van der Waals surface area contributed by atoms with Gasteiger partial charge in [-0.25, -0.2) is 0 Å². The van der Waals surface area contributed by atoms with Gasteiger partial charge in [0.2, 0.25) is 0 Å². The van der Waals surface area contributed by atoms with E-state index in [4.69, 9.17) is 0 Å². The first-order chi connectivity index (χ1) is 2.50. The third-order valence-electron chi connectivity index (χ3n) is 0.538. The minimum atomic E-state index is 1.03. The van der Waals surface area contributed by atoms with Gasteiger partial charge < -0.3 is 0 Å². The van der Waals surface area contributed by atoms with Gasteiger partial charge in [-0.05, 0) is 0 Å². The molecular weight excluding hydrogens is 60.9 g/mol. The van der Waals surface area contributed by atoms with Crippen molar-refractivity contribution in [3.05, 3.63) is 0 Å². The summed E-state index contributed by atoms with van der Waals surface area (Å²) in [5.74, 6) is 2.01. The average Bonchev–Trinajstić information content (AvgIpc) is 1.76. The van der Waals surface area contributed by atoms with Gasteiger partial charge in [-0.3, -0.25) is 0 Å². The molecule has 0 radical (unpaired) electrons. The minimum absolute atomic E-state index is 1.03. The fraction of sp³-hybridized carbons (Fsp3) is 0.333. The van der Waals surface area contributed by atoms with Gasteiger partial charge in [0, 0.05) is 0 Å². The van der Waals surface area contributed by atoms with E-state index in [1.165, 1.54) is 0 Å². The van der Waals surface area contributed by atoms with Crippen LogP contribution in [-0.4, -0.2) is 19.2 Å². The van der Waals surface area contributed by atoms with Crippen molar-refractivity contribution in [3.63, 3.8) is 0 Å². The molecule has 0 aliphatic carbocycles. The molecule has 0 spiro atoms. The summed E-state index contributed by atoms with van der Waals surface area (Å²) in [6.07, 6.45) is 2.90. The molecule has 1 heterocycles. The second-order valence-corrected chi connectivity index (χ2v) is 0.952. The van der Waals surface area contributed by atoms with Crippen LogP contribution in [0.1, 0.15) is 6.42 Å². The zero-order chi connectivity index (χ0) is 3.54. The van der Waals surface area contributed by atoms with Gasteiger partial charge in [-0.2, -0.15) is 0 Å². The normalized spacial score (nSPS) is 16.0. The summed E-state index contributed by atoms with van der Waals surface area (Å²) in [6.45, 7) is 0. The summed E-state index contributed by atoms with van der Waals surface area (Å²) in [5, 5.41) is 0. The van der Waals surface area contributed by atoms with E-state index >= 15 is 0 Å². The molecule has 0 saturated heterocycles. The second kappa shape index (κ2) is 1.15. The van der Waals surface area contributed by atoms with Crippen molar-refractivity contribution in [2.75, 3.05) is 0 Å². The SMILES string of the molecule is B1=CCC=N1. The second-order valence-electron chi connectivity index (χ2n) is 0.952. The van der Waals surface area contributed by atoms with Gasteiger partial charge >= 0.3 is 30.6 Å². The van der Waals surface area contributed by atoms with E-state index in [0.717, 1.165) is 6.42 Å². The van der Waals surface area contributed by atoms with Crippen molar-refractivity contribution in [2.24, 2.45) is 4.90 Å². The fourth-order valence-corrected chi connectivity index (χ4v) is 0.304. The molecule has 0 N–H and O–H groups in total. The van der Waals surface area contributed by atoms with E-state index in [-0.39, 0.29) is 0 Å². The van der Waals surface area contributed by atoms with E-state index < -0.39 is 0 Å².